The van der Waals surface area contributed by atoms with Gasteiger partial charge in [0.2, 0.25) is 0 Å². The van der Waals surface area contributed by atoms with Crippen molar-refractivity contribution in [1.82, 2.24) is 0 Å². The van der Waals surface area contributed by atoms with Gasteiger partial charge in [-0.05, 0) is 35.4 Å². The van der Waals surface area contributed by atoms with Crippen molar-refractivity contribution < 1.29 is 4.55 Å². The average Bonchev–Trinajstić information content (AvgIpc) is 2.40. The van der Waals surface area contributed by atoms with Crippen molar-refractivity contribution in [3.8, 4) is 0 Å². The van der Waals surface area contributed by atoms with E-state index in [4.69, 9.17) is 0 Å². The number of fused-ring (bicyclic) bond motifs is 3. The van der Waals surface area contributed by atoms with Crippen molar-refractivity contribution in [1.29, 1.82) is 0 Å². The summed E-state index contributed by atoms with van der Waals surface area (Å²) in [5.74, 6) is 0.809. The molecule has 2 aliphatic rings. The predicted molar refractivity (Wildman–Crippen MR) is 77.0 cm³/mol. The van der Waals surface area contributed by atoms with Crippen LogP contribution in [0.3, 0.4) is 0 Å². The van der Waals surface area contributed by atoms with E-state index in [1.165, 1.54) is 11.1 Å². The number of hydrogen-bond donors (Lipinski definition) is 0. The summed E-state index contributed by atoms with van der Waals surface area (Å²) in [6.45, 7) is 0. The Labute approximate surface area is 115 Å². The Morgan fingerprint density at radius 3 is 2.53 bits per heavy atom. The summed E-state index contributed by atoms with van der Waals surface area (Å²) in [7, 11) is -1.10. The van der Waals surface area contributed by atoms with Gasteiger partial charge < -0.3 is 4.55 Å². The van der Waals surface area contributed by atoms with E-state index in [-0.39, 0.29) is 5.25 Å². The summed E-state index contributed by atoms with van der Waals surface area (Å²) in [5, 5.41) is 0.164. The van der Waals surface area contributed by atoms with Gasteiger partial charge in [-0.1, -0.05) is 48.5 Å². The van der Waals surface area contributed by atoms with Crippen LogP contribution in [0.4, 0.5) is 5.69 Å². The van der Waals surface area contributed by atoms with E-state index < -0.39 is 11.0 Å². The van der Waals surface area contributed by atoms with Crippen LogP contribution in [-0.2, 0) is 11.0 Å². The average molecular weight is 268 g/mol. The number of benzene rings is 2. The highest BCUT2D eigenvalue weighted by Gasteiger charge is 2.44. The second-order valence-corrected chi connectivity index (χ2v) is 6.53. The normalized spacial score (nSPS) is 31.6. The minimum Gasteiger partial charge on any atom is -0.788 e. The maximum atomic E-state index is 12.3. The molecule has 0 saturated heterocycles. The number of nitrogens with zero attached hydrogens (tertiary/aromatic N) is 1. The quantitative estimate of drug-likeness (QED) is 0.772. The first kappa shape index (κ1) is 11.4. The summed E-state index contributed by atoms with van der Waals surface area (Å²) in [6.07, 6.45) is 1.09. The number of rotatable bonds is 1. The van der Waals surface area contributed by atoms with Gasteiger partial charge in [-0.25, -0.2) is 4.36 Å². The lowest BCUT2D eigenvalue weighted by atomic mass is 9.67. The van der Waals surface area contributed by atoms with Crippen molar-refractivity contribution in [2.45, 2.75) is 23.5 Å². The Hall–Kier alpha value is -1.45. The van der Waals surface area contributed by atoms with E-state index in [0.717, 1.165) is 12.1 Å². The lowest BCUT2D eigenvalue weighted by molar-refractivity contribution is 0.349. The molecule has 0 amide bonds. The zero-order valence-electron chi connectivity index (χ0n) is 10.4. The molecular formula is C16H14NOS-. The molecule has 1 aliphatic heterocycles. The van der Waals surface area contributed by atoms with Gasteiger partial charge in [0.15, 0.2) is 0 Å². The molecule has 0 N–H and O–H groups in total. The van der Waals surface area contributed by atoms with Crippen molar-refractivity contribution in [2.24, 2.45) is 4.36 Å². The van der Waals surface area contributed by atoms with Crippen molar-refractivity contribution in [3.05, 3.63) is 65.7 Å². The molecule has 1 fully saturated rings. The largest absolute Gasteiger partial charge is 0.788 e. The van der Waals surface area contributed by atoms with E-state index in [2.05, 4.69) is 40.8 Å². The molecule has 0 aromatic heterocycles. The molecule has 4 rings (SSSR count). The predicted octanol–water partition coefficient (Wildman–Crippen LogP) is 3.90. The van der Waals surface area contributed by atoms with Gasteiger partial charge in [-0.2, -0.15) is 11.0 Å². The lowest BCUT2D eigenvalue weighted by Gasteiger charge is -2.51. The zero-order chi connectivity index (χ0) is 12.8. The smallest absolute Gasteiger partial charge is 0.0725 e. The van der Waals surface area contributed by atoms with E-state index in [1.807, 2.05) is 18.2 Å². The minimum atomic E-state index is -1.10. The molecule has 0 spiro atoms. The van der Waals surface area contributed by atoms with Gasteiger partial charge in [0.25, 0.3) is 0 Å². The maximum absolute atomic E-state index is 12.3. The second-order valence-electron chi connectivity index (χ2n) is 5.25. The Bertz CT molecular complexity index is 653. The van der Waals surface area contributed by atoms with E-state index in [9.17, 15) is 4.55 Å². The molecule has 4 atom stereocenters. The summed E-state index contributed by atoms with van der Waals surface area (Å²) in [5.41, 5.74) is 3.50. The molecular weight excluding hydrogens is 254 g/mol. The van der Waals surface area contributed by atoms with Crippen molar-refractivity contribution >= 4 is 16.7 Å². The van der Waals surface area contributed by atoms with E-state index >= 15 is 0 Å². The molecule has 1 saturated carbocycles. The maximum Gasteiger partial charge on any atom is 0.0725 e. The Morgan fingerprint density at radius 2 is 1.68 bits per heavy atom. The molecule has 2 aromatic rings. The third-order valence-corrected chi connectivity index (χ3v) is 5.79. The van der Waals surface area contributed by atoms with E-state index in [0.29, 0.717) is 11.8 Å². The Morgan fingerprint density at radius 1 is 0.947 bits per heavy atom. The molecule has 0 bridgehead atoms. The summed E-state index contributed by atoms with van der Waals surface area (Å²) in [6, 6.07) is 18.5. The molecule has 1 heterocycles. The molecule has 2 unspecified atom stereocenters. The highest BCUT2D eigenvalue weighted by atomic mass is 32.2. The molecule has 19 heavy (non-hydrogen) atoms. The first-order valence-electron chi connectivity index (χ1n) is 6.61. The third-order valence-electron chi connectivity index (χ3n) is 4.29. The van der Waals surface area contributed by atoms with Crippen LogP contribution in [0.25, 0.3) is 0 Å². The Balaban J connectivity index is 1.73. The SMILES string of the molecule is [O-]S1=Nc2ccccc2[C@@H]2CC(c3ccccc3)[C@@H]21. The molecule has 2 nitrogen and oxygen atoms in total. The fourth-order valence-corrected chi connectivity index (χ4v) is 4.85. The first-order chi connectivity index (χ1) is 9.34. The molecule has 0 radical (unpaired) electrons. The van der Waals surface area contributed by atoms with Crippen molar-refractivity contribution in [3.63, 3.8) is 0 Å². The highest BCUT2D eigenvalue weighted by molar-refractivity contribution is 7.82. The highest BCUT2D eigenvalue weighted by Crippen LogP contribution is 2.55. The lowest BCUT2D eigenvalue weighted by Crippen LogP contribution is -2.42. The van der Waals surface area contributed by atoms with Crippen LogP contribution in [0.1, 0.15) is 29.4 Å². The van der Waals surface area contributed by atoms with Crippen LogP contribution in [0.15, 0.2) is 59.0 Å². The van der Waals surface area contributed by atoms with Gasteiger partial charge >= 0.3 is 0 Å². The van der Waals surface area contributed by atoms with Crippen LogP contribution >= 0.6 is 0 Å². The fraction of sp³-hybridized carbons (Fsp3) is 0.250. The van der Waals surface area contributed by atoms with Gasteiger partial charge in [-0.15, -0.1) is 0 Å². The topological polar surface area (TPSA) is 35.4 Å². The zero-order valence-corrected chi connectivity index (χ0v) is 11.2. The Kier molecular flexibility index (Phi) is 2.57. The monoisotopic (exact) mass is 268 g/mol. The fourth-order valence-electron chi connectivity index (χ4n) is 3.28. The van der Waals surface area contributed by atoms with Crippen LogP contribution in [0.5, 0.6) is 0 Å². The summed E-state index contributed by atoms with van der Waals surface area (Å²) < 4.78 is 16.7. The van der Waals surface area contributed by atoms with Gasteiger partial charge in [0, 0.05) is 5.25 Å². The molecule has 96 valence electrons. The summed E-state index contributed by atoms with van der Waals surface area (Å²) in [4.78, 5) is 0. The van der Waals surface area contributed by atoms with Crippen LogP contribution < -0.4 is 0 Å². The minimum absolute atomic E-state index is 0.164. The third kappa shape index (κ3) is 1.69. The van der Waals surface area contributed by atoms with E-state index in [1.54, 1.807) is 0 Å². The van der Waals surface area contributed by atoms with Crippen LogP contribution in [0, 0.1) is 0 Å². The van der Waals surface area contributed by atoms with Crippen LogP contribution in [-0.4, -0.2) is 9.80 Å². The van der Waals surface area contributed by atoms with Crippen molar-refractivity contribution in [2.75, 3.05) is 0 Å². The van der Waals surface area contributed by atoms with Gasteiger partial charge in [0.1, 0.15) is 0 Å². The molecule has 3 heteroatoms. The van der Waals surface area contributed by atoms with Crippen LogP contribution in [0.2, 0.25) is 0 Å². The van der Waals surface area contributed by atoms with Gasteiger partial charge in [-0.3, -0.25) is 0 Å². The summed E-state index contributed by atoms with van der Waals surface area (Å²) >= 11 is 0. The van der Waals surface area contributed by atoms with Gasteiger partial charge in [0.05, 0.1) is 5.69 Å². The second kappa shape index (κ2) is 4.29. The standard InChI is InChI=1S/C16H14NOS/c18-19-16-13(11-6-2-1-3-7-11)10-14(16)12-8-4-5-9-15(12)17-19/h1-9,13-14,16H,10H2/q-1/t13?,14-,16-,19?/m0/s1. The number of hydrogen-bond acceptors (Lipinski definition) is 2. The molecule has 1 aliphatic carbocycles. The molecule has 2 aromatic carbocycles. The first-order valence-corrected chi connectivity index (χ1v) is 7.78.